The van der Waals surface area contributed by atoms with Crippen LogP contribution in [-0.4, -0.2) is 72.3 Å². The van der Waals surface area contributed by atoms with E-state index in [2.05, 4.69) is 14.9 Å². The van der Waals surface area contributed by atoms with Gasteiger partial charge in [0.1, 0.15) is 11.5 Å². The van der Waals surface area contributed by atoms with Gasteiger partial charge in [0.15, 0.2) is 0 Å². The summed E-state index contributed by atoms with van der Waals surface area (Å²) in [5, 5.41) is 2.95. The highest BCUT2D eigenvalue weighted by Gasteiger charge is 2.23. The van der Waals surface area contributed by atoms with Gasteiger partial charge >= 0.3 is 0 Å². The lowest BCUT2D eigenvalue weighted by Gasteiger charge is -2.35. The van der Waals surface area contributed by atoms with Crippen LogP contribution < -0.4 is 19.5 Å². The standard InChI is InChI=1S/C24H33N3O6S/c1-3-33-21-8-10-22(11-9-21)34(29,30)26-13-12-24(28)25-18-23(27-14-16-32-17-15-27)19-4-6-20(31-2)7-5-19/h4-11,23,26H,3,12-18H2,1-2H3,(H,25,28)/t23-/m1/s1. The van der Waals surface area contributed by atoms with E-state index in [1.54, 1.807) is 19.2 Å². The van der Waals surface area contributed by atoms with Gasteiger partial charge in [-0.15, -0.1) is 0 Å². The van der Waals surface area contributed by atoms with Crippen molar-refractivity contribution in [3.63, 3.8) is 0 Å². The number of nitrogens with one attached hydrogen (secondary N) is 2. The molecule has 0 unspecified atom stereocenters. The summed E-state index contributed by atoms with van der Waals surface area (Å²) >= 11 is 0. The molecule has 0 spiro atoms. The van der Waals surface area contributed by atoms with Crippen molar-refractivity contribution in [2.45, 2.75) is 24.3 Å². The Morgan fingerprint density at radius 1 is 1.06 bits per heavy atom. The van der Waals surface area contributed by atoms with Crippen LogP contribution in [0.4, 0.5) is 0 Å². The quantitative estimate of drug-likeness (QED) is 0.467. The Kier molecular flexibility index (Phi) is 9.70. The van der Waals surface area contributed by atoms with Crippen molar-refractivity contribution < 1.29 is 27.4 Å². The van der Waals surface area contributed by atoms with Gasteiger partial charge < -0.3 is 19.5 Å². The van der Waals surface area contributed by atoms with Gasteiger partial charge in [-0.05, 0) is 48.9 Å². The zero-order valence-corrected chi connectivity index (χ0v) is 20.5. The summed E-state index contributed by atoms with van der Waals surface area (Å²) in [6, 6.07) is 14.0. The predicted molar refractivity (Wildman–Crippen MR) is 129 cm³/mol. The summed E-state index contributed by atoms with van der Waals surface area (Å²) in [6.45, 7) is 5.62. The average molecular weight is 492 g/mol. The first-order valence-electron chi connectivity index (χ1n) is 11.4. The molecule has 0 saturated carbocycles. The van der Waals surface area contributed by atoms with Crippen molar-refractivity contribution in [3.8, 4) is 11.5 Å². The third-order valence-electron chi connectivity index (χ3n) is 5.57. The van der Waals surface area contributed by atoms with E-state index in [0.29, 0.717) is 32.1 Å². The molecular weight excluding hydrogens is 458 g/mol. The Morgan fingerprint density at radius 2 is 1.71 bits per heavy atom. The van der Waals surface area contributed by atoms with Crippen LogP contribution in [0.15, 0.2) is 53.4 Å². The number of carbonyl (C=O) groups is 1. The number of ether oxygens (including phenoxy) is 3. The Morgan fingerprint density at radius 3 is 2.32 bits per heavy atom. The topological polar surface area (TPSA) is 106 Å². The van der Waals surface area contributed by atoms with Gasteiger partial charge in [-0.1, -0.05) is 12.1 Å². The minimum atomic E-state index is -3.71. The SMILES string of the molecule is CCOc1ccc(S(=O)(=O)NCCC(=O)NC[C@H](c2ccc(OC)cc2)N2CCOCC2)cc1. The Bertz CT molecular complexity index is 1010. The Labute approximate surface area is 201 Å². The van der Waals surface area contributed by atoms with Gasteiger partial charge in [0, 0.05) is 32.6 Å². The van der Waals surface area contributed by atoms with Crippen LogP contribution in [0.3, 0.4) is 0 Å². The van der Waals surface area contributed by atoms with Crippen LogP contribution in [0.1, 0.15) is 24.9 Å². The fourth-order valence-electron chi connectivity index (χ4n) is 3.74. The summed E-state index contributed by atoms with van der Waals surface area (Å²) in [5.41, 5.74) is 1.07. The molecule has 1 aliphatic heterocycles. The molecule has 2 aromatic rings. The number of carbonyl (C=O) groups excluding carboxylic acids is 1. The van der Waals surface area contributed by atoms with E-state index in [9.17, 15) is 13.2 Å². The summed E-state index contributed by atoms with van der Waals surface area (Å²) in [4.78, 5) is 14.9. The second-order valence-electron chi connectivity index (χ2n) is 7.79. The van der Waals surface area contributed by atoms with Crippen LogP contribution in [0.5, 0.6) is 11.5 Å². The molecule has 1 amide bonds. The predicted octanol–water partition coefficient (Wildman–Crippen LogP) is 1.95. The molecule has 1 atom stereocenters. The average Bonchev–Trinajstić information content (AvgIpc) is 2.85. The van der Waals surface area contributed by atoms with E-state index in [0.717, 1.165) is 24.4 Å². The maximum Gasteiger partial charge on any atom is 0.240 e. The van der Waals surface area contributed by atoms with Crippen LogP contribution in [0.25, 0.3) is 0 Å². The van der Waals surface area contributed by atoms with Crippen LogP contribution in [0, 0.1) is 0 Å². The molecule has 10 heteroatoms. The van der Waals surface area contributed by atoms with Crippen molar-refractivity contribution in [2.75, 3.05) is 53.1 Å². The van der Waals surface area contributed by atoms with Gasteiger partial charge in [-0.3, -0.25) is 9.69 Å². The lowest BCUT2D eigenvalue weighted by molar-refractivity contribution is -0.121. The first-order valence-corrected chi connectivity index (χ1v) is 12.9. The first-order chi connectivity index (χ1) is 16.4. The van der Waals surface area contributed by atoms with Gasteiger partial charge in [-0.2, -0.15) is 0 Å². The smallest absolute Gasteiger partial charge is 0.240 e. The maximum absolute atomic E-state index is 12.5. The summed E-state index contributed by atoms with van der Waals surface area (Å²) < 4.78 is 43.5. The molecule has 3 rings (SSSR count). The van der Waals surface area contributed by atoms with Crippen molar-refractivity contribution in [1.29, 1.82) is 0 Å². The second-order valence-corrected chi connectivity index (χ2v) is 9.56. The normalized spacial score (nSPS) is 15.5. The minimum absolute atomic E-state index is 0.00609. The number of methoxy groups -OCH3 is 1. The monoisotopic (exact) mass is 491 g/mol. The number of nitrogens with zero attached hydrogens (tertiary/aromatic N) is 1. The molecule has 0 radical (unpaired) electrons. The van der Waals surface area contributed by atoms with E-state index in [4.69, 9.17) is 14.2 Å². The summed E-state index contributed by atoms with van der Waals surface area (Å²) in [6.07, 6.45) is 0.0364. The fourth-order valence-corrected chi connectivity index (χ4v) is 4.77. The third kappa shape index (κ3) is 7.42. The maximum atomic E-state index is 12.5. The Hall–Kier alpha value is -2.66. The summed E-state index contributed by atoms with van der Waals surface area (Å²) in [5.74, 6) is 1.15. The number of benzene rings is 2. The molecule has 9 nitrogen and oxygen atoms in total. The molecule has 1 fully saturated rings. The number of morpholine rings is 1. The third-order valence-corrected chi connectivity index (χ3v) is 7.05. The van der Waals surface area contributed by atoms with Crippen LogP contribution in [0.2, 0.25) is 0 Å². The molecule has 2 N–H and O–H groups in total. The molecule has 1 aliphatic rings. The molecule has 1 saturated heterocycles. The molecular formula is C24H33N3O6S. The lowest BCUT2D eigenvalue weighted by Crippen LogP contribution is -2.44. The number of hydrogen-bond donors (Lipinski definition) is 2. The van der Waals surface area contributed by atoms with E-state index >= 15 is 0 Å². The van der Waals surface area contributed by atoms with E-state index in [-0.39, 0.29) is 29.8 Å². The van der Waals surface area contributed by atoms with Crippen LogP contribution in [-0.2, 0) is 19.6 Å². The molecule has 0 aromatic heterocycles. The zero-order chi connectivity index (χ0) is 24.4. The van der Waals surface area contributed by atoms with Crippen molar-refractivity contribution in [2.24, 2.45) is 0 Å². The molecule has 1 heterocycles. The molecule has 186 valence electrons. The lowest BCUT2D eigenvalue weighted by atomic mass is 10.0. The fraction of sp³-hybridized carbons (Fsp3) is 0.458. The van der Waals surface area contributed by atoms with E-state index in [1.807, 2.05) is 31.2 Å². The van der Waals surface area contributed by atoms with Crippen molar-refractivity contribution >= 4 is 15.9 Å². The van der Waals surface area contributed by atoms with Crippen molar-refractivity contribution in [3.05, 3.63) is 54.1 Å². The number of sulfonamides is 1. The Balaban J connectivity index is 1.52. The van der Waals surface area contributed by atoms with E-state index in [1.165, 1.54) is 12.1 Å². The second kappa shape index (κ2) is 12.7. The molecule has 0 bridgehead atoms. The largest absolute Gasteiger partial charge is 0.497 e. The zero-order valence-electron chi connectivity index (χ0n) is 19.7. The first kappa shape index (κ1) is 26.0. The van der Waals surface area contributed by atoms with Gasteiger partial charge in [-0.25, -0.2) is 13.1 Å². The molecule has 2 aromatic carbocycles. The van der Waals surface area contributed by atoms with Crippen molar-refractivity contribution in [1.82, 2.24) is 14.9 Å². The van der Waals surface area contributed by atoms with Gasteiger partial charge in [0.2, 0.25) is 15.9 Å². The highest BCUT2D eigenvalue weighted by molar-refractivity contribution is 7.89. The number of amides is 1. The molecule has 0 aliphatic carbocycles. The number of hydrogen-bond acceptors (Lipinski definition) is 7. The highest BCUT2D eigenvalue weighted by atomic mass is 32.2. The van der Waals surface area contributed by atoms with Gasteiger partial charge in [0.25, 0.3) is 0 Å². The van der Waals surface area contributed by atoms with Gasteiger partial charge in [0.05, 0.1) is 37.9 Å². The number of rotatable bonds is 12. The minimum Gasteiger partial charge on any atom is -0.497 e. The molecule has 34 heavy (non-hydrogen) atoms. The summed E-state index contributed by atoms with van der Waals surface area (Å²) in [7, 11) is -2.08. The van der Waals surface area contributed by atoms with Crippen LogP contribution >= 0.6 is 0 Å². The van der Waals surface area contributed by atoms with E-state index < -0.39 is 10.0 Å². The highest BCUT2D eigenvalue weighted by Crippen LogP contribution is 2.23.